The first-order valence-corrected chi connectivity index (χ1v) is 13.1. The van der Waals surface area contributed by atoms with Crippen LogP contribution in [0.4, 0.5) is 0 Å². The van der Waals surface area contributed by atoms with E-state index in [2.05, 4.69) is 20.8 Å². The fraction of sp³-hybridized carbons (Fsp3) is 0.652. The number of likely N-dealkylation sites (tertiary alicyclic amines) is 1. The number of amides is 1. The van der Waals surface area contributed by atoms with Gasteiger partial charge in [-0.3, -0.25) is 9.36 Å². The zero-order chi connectivity index (χ0) is 23.0. The minimum atomic E-state index is -3.69. The molecule has 2 fully saturated rings. The average molecular weight is 464 g/mol. The Hall–Kier alpha value is -2.13. The second kappa shape index (κ2) is 9.02. The summed E-state index contributed by atoms with van der Waals surface area (Å²) in [5.74, 6) is -0.157. The van der Waals surface area contributed by atoms with Crippen molar-refractivity contribution in [2.45, 2.75) is 70.4 Å². The molecule has 176 valence electrons. The second-order valence-electron chi connectivity index (χ2n) is 9.50. The number of sulfonamides is 1. The van der Waals surface area contributed by atoms with Crippen LogP contribution in [0.15, 0.2) is 32.3 Å². The van der Waals surface area contributed by atoms with Crippen molar-refractivity contribution in [2.24, 2.45) is 11.8 Å². The van der Waals surface area contributed by atoms with Gasteiger partial charge in [0.1, 0.15) is 6.54 Å². The van der Waals surface area contributed by atoms with E-state index in [0.717, 1.165) is 32.1 Å². The van der Waals surface area contributed by atoms with Crippen LogP contribution in [0.25, 0.3) is 11.1 Å². The van der Waals surface area contributed by atoms with Crippen molar-refractivity contribution in [1.82, 2.24) is 13.8 Å². The van der Waals surface area contributed by atoms with Crippen molar-refractivity contribution < 1.29 is 17.6 Å². The van der Waals surface area contributed by atoms with Gasteiger partial charge in [0.25, 0.3) is 0 Å². The predicted octanol–water partition coefficient (Wildman–Crippen LogP) is 3.05. The van der Waals surface area contributed by atoms with E-state index in [0.29, 0.717) is 37.0 Å². The fourth-order valence-corrected chi connectivity index (χ4v) is 6.98. The summed E-state index contributed by atoms with van der Waals surface area (Å²) < 4.78 is 34.6. The lowest BCUT2D eigenvalue weighted by Gasteiger charge is -2.35. The molecule has 0 saturated carbocycles. The van der Waals surface area contributed by atoms with E-state index in [4.69, 9.17) is 4.42 Å². The number of benzene rings is 1. The molecule has 0 spiro atoms. The Morgan fingerprint density at radius 3 is 2.56 bits per heavy atom. The Bertz CT molecular complexity index is 1140. The van der Waals surface area contributed by atoms with Gasteiger partial charge in [-0.25, -0.2) is 13.2 Å². The number of rotatable bonds is 5. The third kappa shape index (κ3) is 4.37. The zero-order valence-electron chi connectivity index (χ0n) is 19.1. The van der Waals surface area contributed by atoms with Crippen molar-refractivity contribution in [2.75, 3.05) is 19.6 Å². The molecular formula is C23H33N3O5S. The Morgan fingerprint density at radius 1 is 1.16 bits per heavy atom. The number of piperidine rings is 2. The molecule has 32 heavy (non-hydrogen) atoms. The van der Waals surface area contributed by atoms with Crippen LogP contribution in [-0.2, 0) is 21.4 Å². The molecule has 2 saturated heterocycles. The minimum Gasteiger partial charge on any atom is -0.408 e. The van der Waals surface area contributed by atoms with Crippen LogP contribution in [0.5, 0.6) is 0 Å². The Balaban J connectivity index is 1.60. The first-order valence-electron chi connectivity index (χ1n) is 11.6. The van der Waals surface area contributed by atoms with Gasteiger partial charge in [0.15, 0.2) is 5.58 Å². The summed E-state index contributed by atoms with van der Waals surface area (Å²) >= 11 is 0. The summed E-state index contributed by atoms with van der Waals surface area (Å²) in [7, 11) is -3.69. The van der Waals surface area contributed by atoms with Gasteiger partial charge in [-0.1, -0.05) is 20.8 Å². The molecule has 1 amide bonds. The van der Waals surface area contributed by atoms with Crippen molar-refractivity contribution in [3.05, 3.63) is 28.7 Å². The summed E-state index contributed by atoms with van der Waals surface area (Å²) in [6.45, 7) is 7.76. The van der Waals surface area contributed by atoms with Gasteiger partial charge in [0.05, 0.1) is 10.4 Å². The molecule has 1 aromatic carbocycles. The lowest BCUT2D eigenvalue weighted by Crippen LogP contribution is -2.45. The van der Waals surface area contributed by atoms with Crippen molar-refractivity contribution >= 4 is 27.0 Å². The molecule has 0 unspecified atom stereocenters. The highest BCUT2D eigenvalue weighted by atomic mass is 32.2. The lowest BCUT2D eigenvalue weighted by molar-refractivity contribution is -0.135. The number of hydrogen-bond donors (Lipinski definition) is 0. The first-order chi connectivity index (χ1) is 15.2. The van der Waals surface area contributed by atoms with Crippen LogP contribution >= 0.6 is 0 Å². The number of oxazole rings is 1. The topological polar surface area (TPSA) is 92.8 Å². The summed E-state index contributed by atoms with van der Waals surface area (Å²) in [6.07, 6.45) is 4.97. The van der Waals surface area contributed by atoms with E-state index >= 15 is 0 Å². The predicted molar refractivity (Wildman–Crippen MR) is 122 cm³/mol. The molecule has 3 atom stereocenters. The molecule has 0 N–H and O–H groups in total. The van der Waals surface area contributed by atoms with Crippen LogP contribution in [0.2, 0.25) is 0 Å². The summed E-state index contributed by atoms with van der Waals surface area (Å²) in [6, 6.07) is 4.70. The van der Waals surface area contributed by atoms with Crippen molar-refractivity contribution in [1.29, 1.82) is 0 Å². The van der Waals surface area contributed by atoms with E-state index in [1.165, 1.54) is 21.0 Å². The van der Waals surface area contributed by atoms with Crippen LogP contribution in [-0.4, -0.2) is 53.8 Å². The number of carbonyl (C=O) groups excluding carboxylic acids is 1. The van der Waals surface area contributed by atoms with Gasteiger partial charge in [0, 0.05) is 31.7 Å². The van der Waals surface area contributed by atoms with Crippen molar-refractivity contribution in [3.63, 3.8) is 0 Å². The molecule has 1 aromatic heterocycles. The number of fused-ring (bicyclic) bond motifs is 1. The SMILES string of the molecule is CC[C@@H]1CCCCN1C(=O)Cn1c(=O)oc2cc(S(=O)(=O)N3C[C@H](C)C[C@H](C)C3)ccc21. The third-order valence-corrected chi connectivity index (χ3v) is 8.65. The standard InChI is InChI=1S/C23H33N3O5S/c1-4-18-7-5-6-10-25(18)22(27)15-26-20-9-8-19(12-21(20)31-23(26)28)32(29,30)24-13-16(2)11-17(3)14-24/h8-9,12,16-18H,4-7,10-11,13-15H2,1-3H3/t16-,17+,18-/m1/s1. The smallest absolute Gasteiger partial charge is 0.408 e. The molecule has 2 aliphatic rings. The molecule has 2 aromatic rings. The maximum atomic E-state index is 13.2. The lowest BCUT2D eigenvalue weighted by atomic mass is 9.94. The van der Waals surface area contributed by atoms with Gasteiger partial charge in [0.2, 0.25) is 15.9 Å². The minimum absolute atomic E-state index is 0.102. The normalized spacial score (nSPS) is 25.3. The average Bonchev–Trinajstić information content (AvgIpc) is 3.07. The van der Waals surface area contributed by atoms with Crippen LogP contribution in [0.3, 0.4) is 0 Å². The summed E-state index contributed by atoms with van der Waals surface area (Å²) in [5, 5.41) is 0. The molecular weight excluding hydrogens is 430 g/mol. The Labute approximate surface area is 189 Å². The molecule has 0 bridgehead atoms. The number of nitrogens with zero attached hydrogens (tertiary/aromatic N) is 3. The van der Waals surface area contributed by atoms with Crippen molar-refractivity contribution in [3.8, 4) is 0 Å². The van der Waals surface area contributed by atoms with E-state index < -0.39 is 15.8 Å². The Kier molecular flexibility index (Phi) is 6.49. The van der Waals surface area contributed by atoms with Gasteiger partial charge < -0.3 is 9.32 Å². The number of hydrogen-bond acceptors (Lipinski definition) is 5. The third-order valence-electron chi connectivity index (χ3n) is 6.82. The largest absolute Gasteiger partial charge is 0.420 e. The summed E-state index contributed by atoms with van der Waals surface area (Å²) in [4.78, 5) is 27.4. The van der Waals surface area contributed by atoms with Crippen LogP contribution in [0, 0.1) is 11.8 Å². The zero-order valence-corrected chi connectivity index (χ0v) is 19.9. The molecule has 0 aliphatic carbocycles. The maximum absolute atomic E-state index is 13.2. The quantitative estimate of drug-likeness (QED) is 0.679. The van der Waals surface area contributed by atoms with Crippen LogP contribution in [0.1, 0.15) is 52.9 Å². The highest BCUT2D eigenvalue weighted by molar-refractivity contribution is 7.89. The first kappa shape index (κ1) is 23.0. The maximum Gasteiger partial charge on any atom is 0.420 e. The van der Waals surface area contributed by atoms with E-state index in [9.17, 15) is 18.0 Å². The fourth-order valence-electron chi connectivity index (χ4n) is 5.29. The molecule has 8 nitrogen and oxygen atoms in total. The van der Waals surface area contributed by atoms with Gasteiger partial charge in [-0.2, -0.15) is 4.31 Å². The second-order valence-corrected chi connectivity index (χ2v) is 11.4. The van der Waals surface area contributed by atoms with E-state index in [1.54, 1.807) is 6.07 Å². The highest BCUT2D eigenvalue weighted by Crippen LogP contribution is 2.28. The molecule has 9 heteroatoms. The molecule has 3 heterocycles. The monoisotopic (exact) mass is 463 g/mol. The number of carbonyl (C=O) groups is 1. The van der Waals surface area contributed by atoms with Gasteiger partial charge in [-0.15, -0.1) is 0 Å². The summed E-state index contributed by atoms with van der Waals surface area (Å²) in [5.41, 5.74) is 0.625. The highest BCUT2D eigenvalue weighted by Gasteiger charge is 2.32. The molecule has 0 radical (unpaired) electrons. The number of aromatic nitrogens is 1. The van der Waals surface area contributed by atoms with E-state index in [1.807, 2.05) is 4.90 Å². The molecule has 4 rings (SSSR count). The van der Waals surface area contributed by atoms with Crippen LogP contribution < -0.4 is 5.76 Å². The Morgan fingerprint density at radius 2 is 1.88 bits per heavy atom. The van der Waals surface area contributed by atoms with Gasteiger partial charge >= 0.3 is 5.76 Å². The van der Waals surface area contributed by atoms with Gasteiger partial charge in [-0.05, 0) is 56.1 Å². The molecule has 2 aliphatic heterocycles. The van der Waals surface area contributed by atoms with E-state index in [-0.39, 0.29) is 29.0 Å².